The smallest absolute Gasteiger partial charge is 0.328 e. The molecule has 1 unspecified atom stereocenters. The van der Waals surface area contributed by atoms with Crippen LogP contribution in [0.25, 0.3) is 0 Å². The SMILES string of the molecule is NNCC(=O)N(N)C(Cc1ccccc1)C(=O)O. The molecular formula is C11H16N4O3. The number of nitrogens with two attached hydrogens (primary N) is 2. The van der Waals surface area contributed by atoms with Gasteiger partial charge < -0.3 is 5.11 Å². The van der Waals surface area contributed by atoms with E-state index in [9.17, 15) is 9.59 Å². The summed E-state index contributed by atoms with van der Waals surface area (Å²) in [5, 5.41) is 9.79. The molecule has 0 fully saturated rings. The van der Waals surface area contributed by atoms with Crippen LogP contribution in [0.4, 0.5) is 0 Å². The Kier molecular flexibility index (Phi) is 5.25. The molecule has 0 bridgehead atoms. The van der Waals surface area contributed by atoms with E-state index in [0.717, 1.165) is 5.56 Å². The molecule has 1 rings (SSSR count). The Balaban J connectivity index is 2.77. The minimum Gasteiger partial charge on any atom is -0.480 e. The Morgan fingerprint density at radius 3 is 2.44 bits per heavy atom. The van der Waals surface area contributed by atoms with Crippen LogP contribution in [-0.4, -0.2) is 34.6 Å². The van der Waals surface area contributed by atoms with Gasteiger partial charge in [-0.2, -0.15) is 0 Å². The van der Waals surface area contributed by atoms with Crippen LogP contribution in [0.1, 0.15) is 5.56 Å². The van der Waals surface area contributed by atoms with E-state index in [4.69, 9.17) is 16.8 Å². The lowest BCUT2D eigenvalue weighted by Crippen LogP contribution is -2.53. The average Bonchev–Trinajstić information content (AvgIpc) is 2.36. The monoisotopic (exact) mass is 252 g/mol. The van der Waals surface area contributed by atoms with Gasteiger partial charge >= 0.3 is 5.97 Å². The maximum atomic E-state index is 11.5. The first kappa shape index (κ1) is 14.1. The molecule has 98 valence electrons. The predicted octanol–water partition coefficient (Wildman–Crippen LogP) is -1.15. The molecule has 6 N–H and O–H groups in total. The second-order valence-electron chi connectivity index (χ2n) is 3.73. The summed E-state index contributed by atoms with van der Waals surface area (Å²) in [5.41, 5.74) is 2.93. The van der Waals surface area contributed by atoms with Crippen LogP contribution in [0.15, 0.2) is 30.3 Å². The summed E-state index contributed by atoms with van der Waals surface area (Å²) < 4.78 is 0. The first-order chi connectivity index (χ1) is 8.56. The van der Waals surface area contributed by atoms with Crippen molar-refractivity contribution in [3.63, 3.8) is 0 Å². The summed E-state index contributed by atoms with van der Waals surface area (Å²) in [6, 6.07) is 7.83. The lowest BCUT2D eigenvalue weighted by atomic mass is 10.1. The minimum absolute atomic E-state index is 0.142. The number of amides is 1. The molecule has 0 radical (unpaired) electrons. The number of carbonyl (C=O) groups is 2. The van der Waals surface area contributed by atoms with Crippen molar-refractivity contribution >= 4 is 11.9 Å². The van der Waals surface area contributed by atoms with Gasteiger partial charge in [0.1, 0.15) is 6.04 Å². The van der Waals surface area contributed by atoms with Crippen molar-refractivity contribution in [2.24, 2.45) is 11.7 Å². The average molecular weight is 252 g/mol. The standard InChI is InChI=1S/C11H16N4O3/c12-14-7-10(16)15(13)9(11(17)18)6-8-4-2-1-3-5-8/h1-5,9,14H,6-7,12-13H2,(H,17,18). The zero-order valence-corrected chi connectivity index (χ0v) is 9.74. The molecule has 0 aromatic heterocycles. The molecule has 0 spiro atoms. The van der Waals surface area contributed by atoms with Gasteiger partial charge in [-0.05, 0) is 5.56 Å². The lowest BCUT2D eigenvalue weighted by molar-refractivity contribution is -0.150. The molecule has 0 heterocycles. The van der Waals surface area contributed by atoms with E-state index in [-0.39, 0.29) is 13.0 Å². The number of nitrogens with one attached hydrogen (secondary N) is 1. The van der Waals surface area contributed by atoms with E-state index >= 15 is 0 Å². The number of carbonyl (C=O) groups excluding carboxylic acids is 1. The van der Waals surface area contributed by atoms with Gasteiger partial charge in [-0.25, -0.2) is 10.6 Å². The normalized spacial score (nSPS) is 11.9. The van der Waals surface area contributed by atoms with E-state index in [1.165, 1.54) is 0 Å². The second kappa shape index (κ2) is 6.70. The highest BCUT2D eigenvalue weighted by Gasteiger charge is 2.27. The summed E-state index contributed by atoms with van der Waals surface area (Å²) in [7, 11) is 0. The number of carboxylic acids is 1. The van der Waals surface area contributed by atoms with Gasteiger partial charge in [0.25, 0.3) is 5.91 Å². The fourth-order valence-corrected chi connectivity index (χ4v) is 1.49. The molecule has 7 nitrogen and oxygen atoms in total. The second-order valence-corrected chi connectivity index (χ2v) is 3.73. The largest absolute Gasteiger partial charge is 0.480 e. The molecule has 1 amide bonds. The Morgan fingerprint density at radius 2 is 1.94 bits per heavy atom. The number of hydrazine groups is 2. The quantitative estimate of drug-likeness (QED) is 0.288. The molecule has 0 aliphatic heterocycles. The van der Waals surface area contributed by atoms with Crippen molar-refractivity contribution in [1.82, 2.24) is 10.4 Å². The van der Waals surface area contributed by atoms with Crippen molar-refractivity contribution in [3.05, 3.63) is 35.9 Å². The number of aliphatic carboxylic acids is 1. The fourth-order valence-electron chi connectivity index (χ4n) is 1.49. The van der Waals surface area contributed by atoms with Crippen LogP contribution in [0.3, 0.4) is 0 Å². The number of hydrogen-bond acceptors (Lipinski definition) is 5. The minimum atomic E-state index is -1.16. The summed E-state index contributed by atoms with van der Waals surface area (Å²) >= 11 is 0. The third kappa shape index (κ3) is 3.81. The van der Waals surface area contributed by atoms with Gasteiger partial charge in [-0.3, -0.25) is 21.1 Å². The van der Waals surface area contributed by atoms with Crippen LogP contribution in [0.2, 0.25) is 0 Å². The Morgan fingerprint density at radius 1 is 1.33 bits per heavy atom. The van der Waals surface area contributed by atoms with E-state index in [0.29, 0.717) is 5.01 Å². The topological polar surface area (TPSA) is 122 Å². The van der Waals surface area contributed by atoms with E-state index in [1.54, 1.807) is 24.3 Å². The number of benzene rings is 1. The van der Waals surface area contributed by atoms with Gasteiger partial charge in [0.05, 0.1) is 6.54 Å². The lowest BCUT2D eigenvalue weighted by Gasteiger charge is -2.24. The molecule has 1 aromatic carbocycles. The van der Waals surface area contributed by atoms with Gasteiger partial charge in [0.15, 0.2) is 0 Å². The first-order valence-electron chi connectivity index (χ1n) is 5.33. The maximum absolute atomic E-state index is 11.5. The van der Waals surface area contributed by atoms with Crippen molar-refractivity contribution in [2.75, 3.05) is 6.54 Å². The number of carboxylic acid groups (broad SMARTS) is 1. The van der Waals surface area contributed by atoms with Crippen LogP contribution in [0.5, 0.6) is 0 Å². The van der Waals surface area contributed by atoms with Crippen molar-refractivity contribution in [1.29, 1.82) is 0 Å². The number of rotatable bonds is 6. The van der Waals surface area contributed by atoms with E-state index in [2.05, 4.69) is 5.43 Å². The van der Waals surface area contributed by atoms with Crippen molar-refractivity contribution in [3.8, 4) is 0 Å². The Labute approximate surface area is 104 Å². The Hall–Kier alpha value is -1.96. The Bertz CT molecular complexity index is 410. The molecule has 0 aliphatic rings. The van der Waals surface area contributed by atoms with Crippen LogP contribution in [0, 0.1) is 0 Å². The molecule has 0 saturated carbocycles. The van der Waals surface area contributed by atoms with Crippen LogP contribution >= 0.6 is 0 Å². The molecule has 1 aromatic rings. The molecule has 0 aliphatic carbocycles. The fraction of sp³-hybridized carbons (Fsp3) is 0.273. The van der Waals surface area contributed by atoms with E-state index < -0.39 is 17.9 Å². The van der Waals surface area contributed by atoms with Crippen LogP contribution < -0.4 is 17.1 Å². The number of hydrogen-bond donors (Lipinski definition) is 4. The molecule has 1 atom stereocenters. The summed E-state index contributed by atoms with van der Waals surface area (Å²) in [4.78, 5) is 22.6. The molecule has 7 heteroatoms. The molecule has 0 saturated heterocycles. The third-order valence-corrected chi connectivity index (χ3v) is 2.43. The predicted molar refractivity (Wildman–Crippen MR) is 64.8 cm³/mol. The molecular weight excluding hydrogens is 236 g/mol. The third-order valence-electron chi connectivity index (χ3n) is 2.43. The molecule has 18 heavy (non-hydrogen) atoms. The van der Waals surface area contributed by atoms with Crippen LogP contribution in [-0.2, 0) is 16.0 Å². The highest BCUT2D eigenvalue weighted by molar-refractivity contribution is 5.84. The van der Waals surface area contributed by atoms with Gasteiger partial charge in [0, 0.05) is 6.42 Å². The van der Waals surface area contributed by atoms with Crippen molar-refractivity contribution in [2.45, 2.75) is 12.5 Å². The van der Waals surface area contributed by atoms with Gasteiger partial charge in [0.2, 0.25) is 0 Å². The number of nitrogens with zero attached hydrogens (tertiary/aromatic N) is 1. The van der Waals surface area contributed by atoms with E-state index in [1.807, 2.05) is 6.07 Å². The zero-order chi connectivity index (χ0) is 13.5. The van der Waals surface area contributed by atoms with Gasteiger partial charge in [-0.15, -0.1) is 0 Å². The maximum Gasteiger partial charge on any atom is 0.328 e. The highest BCUT2D eigenvalue weighted by atomic mass is 16.4. The first-order valence-corrected chi connectivity index (χ1v) is 5.33. The summed E-state index contributed by atoms with van der Waals surface area (Å²) in [6.45, 7) is -0.213. The highest BCUT2D eigenvalue weighted by Crippen LogP contribution is 2.07. The summed E-state index contributed by atoms with van der Waals surface area (Å²) in [6.07, 6.45) is 0.142. The zero-order valence-electron chi connectivity index (χ0n) is 9.74. The van der Waals surface area contributed by atoms with Gasteiger partial charge in [-0.1, -0.05) is 30.3 Å². The summed E-state index contributed by atoms with van der Waals surface area (Å²) in [5.74, 6) is 8.76. The van der Waals surface area contributed by atoms with Crippen molar-refractivity contribution < 1.29 is 14.7 Å².